The van der Waals surface area contributed by atoms with E-state index in [1.807, 2.05) is 0 Å². The van der Waals surface area contributed by atoms with E-state index in [2.05, 4.69) is 5.32 Å². The highest BCUT2D eigenvalue weighted by molar-refractivity contribution is 6.37. The highest BCUT2D eigenvalue weighted by atomic mass is 35.5. The fourth-order valence-electron chi connectivity index (χ4n) is 0.998. The summed E-state index contributed by atoms with van der Waals surface area (Å²) in [5.41, 5.74) is 0.229. The summed E-state index contributed by atoms with van der Waals surface area (Å²) in [6.07, 6.45) is -1.22. The van der Waals surface area contributed by atoms with E-state index in [1.54, 1.807) is 6.07 Å². The number of anilines is 1. The molecule has 0 heterocycles. The average Bonchev–Trinajstić information content (AvgIpc) is 2.15. The minimum Gasteiger partial charge on any atom is -0.476 e. The van der Waals surface area contributed by atoms with Crippen LogP contribution in [0.1, 0.15) is 0 Å². The zero-order chi connectivity index (χ0) is 12.1. The molecular weight excluding hydrogens is 255 g/mol. The van der Waals surface area contributed by atoms with Crippen LogP contribution < -0.4 is 10.1 Å². The van der Waals surface area contributed by atoms with E-state index >= 15 is 0 Å². The van der Waals surface area contributed by atoms with Crippen molar-refractivity contribution in [3.63, 3.8) is 0 Å². The lowest BCUT2D eigenvalue weighted by Gasteiger charge is -2.09. The molecule has 0 bridgehead atoms. The van der Waals surface area contributed by atoms with Gasteiger partial charge >= 0.3 is 6.09 Å². The van der Waals surface area contributed by atoms with Crippen molar-refractivity contribution in [3.05, 3.63) is 22.2 Å². The van der Waals surface area contributed by atoms with Crippen LogP contribution in [0.2, 0.25) is 10.0 Å². The Hall–Kier alpha value is -1.64. The van der Waals surface area contributed by atoms with Crippen molar-refractivity contribution in [3.8, 4) is 11.8 Å². The van der Waals surface area contributed by atoms with E-state index in [0.717, 1.165) is 0 Å². The standard InChI is InChI=1S/C9H6Cl2N2O3/c10-6-3-5(13-9(14)15)4-7(11)8(6)16-2-1-12/h3-4,13H,2H2,(H,14,15). The van der Waals surface area contributed by atoms with Gasteiger partial charge in [-0.2, -0.15) is 5.26 Å². The fraction of sp³-hybridized carbons (Fsp3) is 0.111. The van der Waals surface area contributed by atoms with Crippen LogP contribution in [0.3, 0.4) is 0 Å². The van der Waals surface area contributed by atoms with Gasteiger partial charge in [0, 0.05) is 5.69 Å². The molecule has 1 amide bonds. The van der Waals surface area contributed by atoms with E-state index in [-0.39, 0.29) is 28.1 Å². The maximum atomic E-state index is 10.4. The van der Waals surface area contributed by atoms with Gasteiger partial charge in [-0.3, -0.25) is 5.32 Å². The number of hydrogen-bond donors (Lipinski definition) is 2. The second-order valence-corrected chi connectivity index (χ2v) is 3.46. The maximum Gasteiger partial charge on any atom is 0.409 e. The first-order valence-corrected chi connectivity index (χ1v) is 4.79. The fourth-order valence-corrected chi connectivity index (χ4v) is 1.59. The second-order valence-electron chi connectivity index (χ2n) is 2.65. The van der Waals surface area contributed by atoms with E-state index < -0.39 is 6.09 Å². The third kappa shape index (κ3) is 3.19. The van der Waals surface area contributed by atoms with Crippen molar-refractivity contribution >= 4 is 35.0 Å². The molecule has 84 valence electrons. The molecular formula is C9H6Cl2N2O3. The van der Waals surface area contributed by atoms with Crippen molar-refractivity contribution < 1.29 is 14.6 Å². The van der Waals surface area contributed by atoms with Gasteiger partial charge in [-0.1, -0.05) is 23.2 Å². The number of nitriles is 1. The van der Waals surface area contributed by atoms with Gasteiger partial charge < -0.3 is 9.84 Å². The number of halogens is 2. The zero-order valence-corrected chi connectivity index (χ0v) is 9.34. The van der Waals surface area contributed by atoms with Crippen LogP contribution in [0.25, 0.3) is 0 Å². The smallest absolute Gasteiger partial charge is 0.409 e. The van der Waals surface area contributed by atoms with Gasteiger partial charge in [-0.15, -0.1) is 0 Å². The minimum atomic E-state index is -1.22. The summed E-state index contributed by atoms with van der Waals surface area (Å²) < 4.78 is 4.98. The third-order valence-electron chi connectivity index (χ3n) is 1.53. The highest BCUT2D eigenvalue weighted by Crippen LogP contribution is 2.35. The molecule has 7 heteroatoms. The molecule has 0 saturated heterocycles. The third-order valence-corrected chi connectivity index (χ3v) is 2.09. The Labute approximate surface area is 101 Å². The first kappa shape index (κ1) is 12.4. The normalized spacial score (nSPS) is 9.31. The Kier molecular flexibility index (Phi) is 4.23. The quantitative estimate of drug-likeness (QED) is 0.876. The van der Waals surface area contributed by atoms with E-state index in [4.69, 9.17) is 38.3 Å². The number of amides is 1. The Bertz CT molecular complexity index is 434. The largest absolute Gasteiger partial charge is 0.476 e. The number of ether oxygens (including phenoxy) is 1. The molecule has 0 unspecified atom stereocenters. The lowest BCUT2D eigenvalue weighted by molar-refractivity contribution is 0.209. The van der Waals surface area contributed by atoms with Crippen LogP contribution in [-0.2, 0) is 0 Å². The second kappa shape index (κ2) is 5.45. The number of nitrogens with one attached hydrogen (secondary N) is 1. The van der Waals surface area contributed by atoms with Gasteiger partial charge in [-0.05, 0) is 12.1 Å². The molecule has 0 fully saturated rings. The minimum absolute atomic E-state index is 0.131. The Morgan fingerprint density at radius 2 is 2.06 bits per heavy atom. The summed E-state index contributed by atoms with van der Waals surface area (Å²) >= 11 is 11.6. The van der Waals surface area contributed by atoms with Gasteiger partial charge in [0.15, 0.2) is 12.4 Å². The molecule has 1 rings (SSSR count). The molecule has 16 heavy (non-hydrogen) atoms. The van der Waals surface area contributed by atoms with Gasteiger partial charge in [0.05, 0.1) is 10.0 Å². The Morgan fingerprint density at radius 3 is 2.50 bits per heavy atom. The SMILES string of the molecule is N#CCOc1c(Cl)cc(NC(=O)O)cc1Cl. The Morgan fingerprint density at radius 1 is 1.50 bits per heavy atom. The van der Waals surface area contributed by atoms with Crippen molar-refractivity contribution in [2.45, 2.75) is 0 Å². The number of rotatable bonds is 3. The lowest BCUT2D eigenvalue weighted by Crippen LogP contribution is -2.07. The molecule has 0 atom stereocenters. The summed E-state index contributed by atoms with van der Waals surface area (Å²) in [4.78, 5) is 10.4. The number of carboxylic acid groups (broad SMARTS) is 1. The predicted octanol–water partition coefficient (Wildman–Crippen LogP) is 2.99. The Balaban J connectivity index is 2.98. The van der Waals surface area contributed by atoms with Crippen molar-refractivity contribution in [1.82, 2.24) is 0 Å². The molecule has 1 aromatic carbocycles. The molecule has 0 aliphatic rings. The molecule has 0 aliphatic heterocycles. The van der Waals surface area contributed by atoms with Crippen molar-refractivity contribution in [2.24, 2.45) is 0 Å². The van der Waals surface area contributed by atoms with Crippen LogP contribution in [0.15, 0.2) is 12.1 Å². The van der Waals surface area contributed by atoms with Crippen LogP contribution in [0.5, 0.6) is 5.75 Å². The van der Waals surface area contributed by atoms with Crippen molar-refractivity contribution in [1.29, 1.82) is 5.26 Å². The maximum absolute atomic E-state index is 10.4. The summed E-state index contributed by atoms with van der Waals surface area (Å²) in [5, 5.41) is 19.2. The number of hydrogen-bond acceptors (Lipinski definition) is 3. The van der Waals surface area contributed by atoms with Crippen LogP contribution in [0, 0.1) is 11.3 Å². The van der Waals surface area contributed by atoms with Crippen LogP contribution in [0.4, 0.5) is 10.5 Å². The monoisotopic (exact) mass is 260 g/mol. The lowest BCUT2D eigenvalue weighted by atomic mass is 10.3. The average molecular weight is 261 g/mol. The van der Waals surface area contributed by atoms with E-state index in [0.29, 0.717) is 0 Å². The molecule has 2 N–H and O–H groups in total. The van der Waals surface area contributed by atoms with Gasteiger partial charge in [0.1, 0.15) is 6.07 Å². The first-order chi connectivity index (χ1) is 7.54. The van der Waals surface area contributed by atoms with Crippen LogP contribution >= 0.6 is 23.2 Å². The summed E-state index contributed by atoms with van der Waals surface area (Å²) in [6.45, 7) is -0.189. The van der Waals surface area contributed by atoms with Crippen molar-refractivity contribution in [2.75, 3.05) is 11.9 Å². The summed E-state index contributed by atoms with van der Waals surface area (Å²) in [7, 11) is 0. The van der Waals surface area contributed by atoms with Gasteiger partial charge in [0.2, 0.25) is 0 Å². The number of benzene rings is 1. The highest BCUT2D eigenvalue weighted by Gasteiger charge is 2.10. The molecule has 5 nitrogen and oxygen atoms in total. The summed E-state index contributed by atoms with van der Waals surface area (Å²) in [6, 6.07) is 4.45. The van der Waals surface area contributed by atoms with E-state index in [9.17, 15) is 4.79 Å². The number of nitrogens with zero attached hydrogens (tertiary/aromatic N) is 1. The predicted molar refractivity (Wildman–Crippen MR) is 59.2 cm³/mol. The van der Waals surface area contributed by atoms with E-state index in [1.165, 1.54) is 12.1 Å². The zero-order valence-electron chi connectivity index (χ0n) is 7.83. The van der Waals surface area contributed by atoms with Crippen LogP contribution in [-0.4, -0.2) is 17.8 Å². The van der Waals surface area contributed by atoms with Gasteiger partial charge in [-0.25, -0.2) is 4.79 Å². The first-order valence-electron chi connectivity index (χ1n) is 4.03. The summed E-state index contributed by atoms with van der Waals surface area (Å²) in [5.74, 6) is 0.154. The van der Waals surface area contributed by atoms with Gasteiger partial charge in [0.25, 0.3) is 0 Å². The molecule has 0 saturated carbocycles. The number of carbonyl (C=O) groups is 1. The topological polar surface area (TPSA) is 82.3 Å². The molecule has 1 aromatic rings. The molecule has 0 aromatic heterocycles. The molecule has 0 aliphatic carbocycles. The molecule has 0 radical (unpaired) electrons. The molecule has 0 spiro atoms.